The van der Waals surface area contributed by atoms with Gasteiger partial charge in [-0.15, -0.1) is 11.3 Å². The first kappa shape index (κ1) is 28.2. The number of halogens is 1. The van der Waals surface area contributed by atoms with Crippen molar-refractivity contribution in [2.75, 3.05) is 37.7 Å². The van der Waals surface area contributed by atoms with Crippen LogP contribution in [0.4, 0.5) is 10.1 Å². The van der Waals surface area contributed by atoms with Gasteiger partial charge in [-0.2, -0.15) is 0 Å². The Bertz CT molecular complexity index is 2120. The summed E-state index contributed by atoms with van der Waals surface area (Å²) in [6.45, 7) is 2.13. The summed E-state index contributed by atoms with van der Waals surface area (Å²) in [5.74, 6) is -0.461. The summed E-state index contributed by atoms with van der Waals surface area (Å²) in [6, 6.07) is 22.4. The first-order valence-corrected chi connectivity index (χ1v) is 16.3. The number of benzene rings is 3. The van der Waals surface area contributed by atoms with Crippen molar-refractivity contribution in [3.63, 3.8) is 0 Å². The Morgan fingerprint density at radius 1 is 1.00 bits per heavy atom. The molecule has 0 radical (unpaired) electrons. The summed E-state index contributed by atoms with van der Waals surface area (Å²) >= 11 is 1.16. The third-order valence-electron chi connectivity index (χ3n) is 7.96. The second-order valence-corrected chi connectivity index (χ2v) is 13.6. The molecule has 0 spiro atoms. The molecule has 0 bridgehead atoms. The Morgan fingerprint density at radius 2 is 1.77 bits per heavy atom. The monoisotopic (exact) mass is 626 g/mol. The van der Waals surface area contributed by atoms with Crippen LogP contribution >= 0.6 is 11.3 Å². The molecule has 0 unspecified atom stereocenters. The standard InChI is InChI=1S/C33H27FN4O4S2/c1-37(44(40,41)29-7-4-18-43-29)23-12-13-28-25(19-23)31-30(24-5-2-3-6-27(24)34)26(20-35-32(31)36-28)21-8-10-22(11-9-21)33(39)38-14-16-42-17-15-38/h2-13,18-20H,14-17H2,1H3,(H,35,36). The minimum atomic E-state index is -3.77. The van der Waals surface area contributed by atoms with Crippen molar-refractivity contribution < 1.29 is 22.3 Å². The van der Waals surface area contributed by atoms with Crippen LogP contribution in [0.25, 0.3) is 44.2 Å². The van der Waals surface area contributed by atoms with Gasteiger partial charge in [0, 0.05) is 64.9 Å². The number of anilines is 1. The Hall–Kier alpha value is -4.58. The van der Waals surface area contributed by atoms with E-state index in [1.165, 1.54) is 17.4 Å². The molecule has 1 N–H and O–H groups in total. The van der Waals surface area contributed by atoms with Crippen LogP contribution < -0.4 is 4.31 Å². The van der Waals surface area contributed by atoms with Gasteiger partial charge in [0.1, 0.15) is 15.7 Å². The van der Waals surface area contributed by atoms with Crippen molar-refractivity contribution in [2.45, 2.75) is 4.21 Å². The highest BCUT2D eigenvalue weighted by Gasteiger charge is 2.25. The number of carbonyl (C=O) groups excluding carboxylic acids is 1. The molecule has 0 aliphatic carbocycles. The van der Waals surface area contributed by atoms with E-state index in [2.05, 4.69) is 4.98 Å². The molecule has 0 atom stereocenters. The van der Waals surface area contributed by atoms with Gasteiger partial charge in [0.05, 0.1) is 18.9 Å². The van der Waals surface area contributed by atoms with Crippen LogP contribution in [-0.2, 0) is 14.8 Å². The maximum Gasteiger partial charge on any atom is 0.273 e. The number of aromatic nitrogens is 2. The number of ether oxygens (including phenoxy) is 1. The van der Waals surface area contributed by atoms with E-state index >= 15 is 4.39 Å². The maximum atomic E-state index is 15.5. The van der Waals surface area contributed by atoms with E-state index in [0.29, 0.717) is 70.7 Å². The van der Waals surface area contributed by atoms with Crippen molar-refractivity contribution in [3.05, 3.63) is 102 Å². The fraction of sp³-hybridized carbons (Fsp3) is 0.152. The van der Waals surface area contributed by atoms with Crippen LogP contribution in [0.15, 0.2) is 94.6 Å². The summed E-state index contributed by atoms with van der Waals surface area (Å²) < 4.78 is 49.0. The lowest BCUT2D eigenvalue weighted by atomic mass is 9.92. The molecule has 8 nitrogen and oxygen atoms in total. The zero-order valence-electron chi connectivity index (χ0n) is 23.7. The van der Waals surface area contributed by atoms with Crippen molar-refractivity contribution in [1.29, 1.82) is 0 Å². The highest BCUT2D eigenvalue weighted by atomic mass is 32.2. The fourth-order valence-corrected chi connectivity index (χ4v) is 7.98. The SMILES string of the molecule is CN(c1ccc2[nH]c3ncc(-c4ccc(C(=O)N5CCOCC5)cc4)c(-c4ccccc4F)c3c2c1)S(=O)(=O)c1cccs1. The number of aromatic amines is 1. The lowest BCUT2D eigenvalue weighted by Gasteiger charge is -2.26. The number of morpholine rings is 1. The Balaban J connectivity index is 1.39. The zero-order chi connectivity index (χ0) is 30.4. The normalized spacial score (nSPS) is 13.9. The van der Waals surface area contributed by atoms with E-state index < -0.39 is 15.8 Å². The Kier molecular flexibility index (Phi) is 7.16. The van der Waals surface area contributed by atoms with E-state index in [4.69, 9.17) is 9.72 Å². The van der Waals surface area contributed by atoms with Crippen LogP contribution in [-0.4, -0.2) is 62.5 Å². The van der Waals surface area contributed by atoms with Crippen molar-refractivity contribution in [1.82, 2.24) is 14.9 Å². The minimum absolute atomic E-state index is 0.0615. The number of nitrogens with one attached hydrogen (secondary N) is 1. The molecular formula is C33H27FN4O4S2. The summed E-state index contributed by atoms with van der Waals surface area (Å²) in [4.78, 5) is 22.9. The second kappa shape index (κ2) is 11.2. The van der Waals surface area contributed by atoms with Crippen LogP contribution in [0.2, 0.25) is 0 Å². The molecule has 1 fully saturated rings. The molecule has 11 heteroatoms. The fourth-order valence-electron chi connectivity index (χ4n) is 5.63. The molecular weight excluding hydrogens is 600 g/mol. The van der Waals surface area contributed by atoms with E-state index in [0.717, 1.165) is 22.4 Å². The highest BCUT2D eigenvalue weighted by Crippen LogP contribution is 2.42. The Labute approximate surface area is 257 Å². The van der Waals surface area contributed by atoms with Crippen LogP contribution in [0.5, 0.6) is 0 Å². The van der Waals surface area contributed by atoms with Gasteiger partial charge in [-0.25, -0.2) is 17.8 Å². The first-order valence-electron chi connectivity index (χ1n) is 14.0. The number of carbonyl (C=O) groups is 1. The smallest absolute Gasteiger partial charge is 0.273 e. The number of hydrogen-bond acceptors (Lipinski definition) is 6. The van der Waals surface area contributed by atoms with Crippen molar-refractivity contribution >= 4 is 54.9 Å². The summed E-state index contributed by atoms with van der Waals surface area (Å²) in [7, 11) is -2.25. The average molecular weight is 627 g/mol. The predicted octanol–water partition coefficient (Wildman–Crippen LogP) is 6.55. The van der Waals surface area contributed by atoms with Crippen LogP contribution in [0.1, 0.15) is 10.4 Å². The van der Waals surface area contributed by atoms with E-state index in [1.807, 2.05) is 18.2 Å². The summed E-state index contributed by atoms with van der Waals surface area (Å²) in [5, 5.41) is 3.10. The number of fused-ring (bicyclic) bond motifs is 3. The third kappa shape index (κ3) is 4.83. The molecule has 222 valence electrons. The Morgan fingerprint density at radius 3 is 2.50 bits per heavy atom. The minimum Gasteiger partial charge on any atom is -0.378 e. The van der Waals surface area contributed by atoms with Crippen molar-refractivity contribution in [2.24, 2.45) is 0 Å². The van der Waals surface area contributed by atoms with Gasteiger partial charge < -0.3 is 14.6 Å². The van der Waals surface area contributed by atoms with E-state index in [1.54, 1.807) is 71.1 Å². The van der Waals surface area contributed by atoms with E-state index in [-0.39, 0.29) is 10.1 Å². The van der Waals surface area contributed by atoms with Gasteiger partial charge in [-0.05, 0) is 53.4 Å². The third-order valence-corrected chi connectivity index (χ3v) is 11.1. The predicted molar refractivity (Wildman–Crippen MR) is 171 cm³/mol. The van der Waals surface area contributed by atoms with Crippen molar-refractivity contribution in [3.8, 4) is 22.3 Å². The first-order chi connectivity index (χ1) is 21.3. The molecule has 1 amide bonds. The van der Waals surface area contributed by atoms with Gasteiger partial charge in [0.2, 0.25) is 0 Å². The summed E-state index contributed by atoms with van der Waals surface area (Å²) in [5.41, 5.74) is 4.74. The largest absolute Gasteiger partial charge is 0.378 e. The number of H-pyrrole nitrogens is 1. The second-order valence-electron chi connectivity index (χ2n) is 10.5. The zero-order valence-corrected chi connectivity index (χ0v) is 25.3. The molecule has 1 saturated heterocycles. The molecule has 6 aromatic rings. The average Bonchev–Trinajstić information content (AvgIpc) is 3.74. The van der Waals surface area contributed by atoms with Crippen LogP contribution in [0, 0.1) is 5.82 Å². The topological polar surface area (TPSA) is 95.6 Å². The molecule has 4 heterocycles. The highest BCUT2D eigenvalue weighted by molar-refractivity contribution is 7.94. The number of nitrogens with zero attached hydrogens (tertiary/aromatic N) is 3. The molecule has 1 aliphatic heterocycles. The molecule has 3 aromatic heterocycles. The lowest BCUT2D eigenvalue weighted by molar-refractivity contribution is 0.0303. The molecule has 7 rings (SSSR count). The molecule has 0 saturated carbocycles. The van der Waals surface area contributed by atoms with Gasteiger partial charge in [-0.3, -0.25) is 9.10 Å². The number of pyridine rings is 1. The summed E-state index contributed by atoms with van der Waals surface area (Å²) in [6.07, 6.45) is 1.70. The van der Waals surface area contributed by atoms with Gasteiger partial charge in [0.25, 0.3) is 15.9 Å². The van der Waals surface area contributed by atoms with Crippen LogP contribution in [0.3, 0.4) is 0 Å². The van der Waals surface area contributed by atoms with E-state index in [9.17, 15) is 13.2 Å². The van der Waals surface area contributed by atoms with Gasteiger partial charge >= 0.3 is 0 Å². The number of rotatable bonds is 6. The molecule has 1 aliphatic rings. The number of sulfonamides is 1. The number of amides is 1. The van der Waals surface area contributed by atoms with Gasteiger partial charge in [0.15, 0.2) is 0 Å². The number of thiophene rings is 1. The molecule has 3 aromatic carbocycles. The quantitative estimate of drug-likeness (QED) is 0.226. The maximum absolute atomic E-state index is 15.5. The van der Waals surface area contributed by atoms with Gasteiger partial charge in [-0.1, -0.05) is 36.4 Å². The number of hydrogen-bond donors (Lipinski definition) is 1. The lowest BCUT2D eigenvalue weighted by Crippen LogP contribution is -2.40. The molecule has 44 heavy (non-hydrogen) atoms.